The van der Waals surface area contributed by atoms with Crippen LogP contribution in [0.4, 0.5) is 11.4 Å². The van der Waals surface area contributed by atoms with Crippen molar-refractivity contribution in [3.05, 3.63) is 59.7 Å². The Morgan fingerprint density at radius 2 is 1.67 bits per heavy atom. The molecule has 8 heteroatoms. The molecule has 2 aromatic rings. The Morgan fingerprint density at radius 3 is 2.23 bits per heavy atom. The predicted octanol–water partition coefficient (Wildman–Crippen LogP) is 3.32. The Hall–Kier alpha value is -2.87. The summed E-state index contributed by atoms with van der Waals surface area (Å²) in [4.78, 5) is 25.5. The molecule has 0 heterocycles. The first-order valence-electron chi connectivity index (χ1n) is 9.93. The van der Waals surface area contributed by atoms with Crippen molar-refractivity contribution in [1.82, 2.24) is 5.32 Å². The van der Waals surface area contributed by atoms with Crippen LogP contribution in [0.3, 0.4) is 0 Å². The molecule has 162 valence electrons. The maximum absolute atomic E-state index is 13.1. The number of aryl methyl sites for hydroxylation is 1. The second kappa shape index (κ2) is 10.2. The molecule has 1 atom stereocenters. The summed E-state index contributed by atoms with van der Waals surface area (Å²) < 4.78 is 26.2. The van der Waals surface area contributed by atoms with Gasteiger partial charge in [0.1, 0.15) is 6.04 Å². The summed E-state index contributed by atoms with van der Waals surface area (Å²) in [6.45, 7) is 6.12. The number of para-hydroxylation sites is 1. The van der Waals surface area contributed by atoms with E-state index in [4.69, 9.17) is 0 Å². The molecule has 0 fully saturated rings. The fourth-order valence-electron chi connectivity index (χ4n) is 3.09. The van der Waals surface area contributed by atoms with Crippen molar-refractivity contribution >= 4 is 33.2 Å². The highest BCUT2D eigenvalue weighted by Gasteiger charge is 2.32. The van der Waals surface area contributed by atoms with Crippen LogP contribution in [-0.4, -0.2) is 39.1 Å². The van der Waals surface area contributed by atoms with Crippen molar-refractivity contribution in [2.45, 2.75) is 39.7 Å². The number of rotatable bonds is 9. The Balaban J connectivity index is 2.36. The van der Waals surface area contributed by atoms with Crippen molar-refractivity contribution in [3.8, 4) is 0 Å². The third kappa shape index (κ3) is 5.82. The molecular formula is C22H29N3O4S. The lowest BCUT2D eigenvalue weighted by atomic mass is 10.1. The van der Waals surface area contributed by atoms with E-state index < -0.39 is 22.0 Å². The lowest BCUT2D eigenvalue weighted by Gasteiger charge is -2.30. The Kier molecular flexibility index (Phi) is 8.00. The van der Waals surface area contributed by atoms with Gasteiger partial charge in [-0.15, -0.1) is 0 Å². The highest BCUT2D eigenvalue weighted by atomic mass is 32.2. The third-order valence-electron chi connectivity index (χ3n) is 4.58. The van der Waals surface area contributed by atoms with Crippen LogP contribution in [0.25, 0.3) is 0 Å². The molecule has 30 heavy (non-hydrogen) atoms. The quantitative estimate of drug-likeness (QED) is 0.637. The lowest BCUT2D eigenvalue weighted by molar-refractivity contribution is -0.117. The van der Waals surface area contributed by atoms with Crippen LogP contribution in [0.15, 0.2) is 48.5 Å². The molecule has 0 bridgehead atoms. The smallest absolute Gasteiger partial charge is 0.253 e. The van der Waals surface area contributed by atoms with Crippen molar-refractivity contribution in [3.63, 3.8) is 0 Å². The van der Waals surface area contributed by atoms with Crippen molar-refractivity contribution in [2.24, 2.45) is 0 Å². The van der Waals surface area contributed by atoms with Gasteiger partial charge in [0.05, 0.1) is 23.2 Å². The number of nitrogens with zero attached hydrogens (tertiary/aromatic N) is 1. The first-order valence-corrected chi connectivity index (χ1v) is 11.8. The third-order valence-corrected chi connectivity index (χ3v) is 5.76. The minimum atomic E-state index is -3.72. The van der Waals surface area contributed by atoms with Crippen molar-refractivity contribution in [2.75, 3.05) is 22.4 Å². The van der Waals surface area contributed by atoms with Gasteiger partial charge in [-0.2, -0.15) is 0 Å². The molecule has 0 spiro atoms. The van der Waals surface area contributed by atoms with Crippen LogP contribution >= 0.6 is 0 Å². The van der Waals surface area contributed by atoms with Gasteiger partial charge in [-0.25, -0.2) is 8.42 Å². The van der Waals surface area contributed by atoms with Crippen LogP contribution in [0.5, 0.6) is 0 Å². The number of carbonyl (C=O) groups excluding carboxylic acids is 2. The van der Waals surface area contributed by atoms with Crippen LogP contribution < -0.4 is 14.9 Å². The molecule has 2 rings (SSSR count). The number of benzene rings is 2. The predicted molar refractivity (Wildman–Crippen MR) is 120 cm³/mol. The molecule has 7 nitrogen and oxygen atoms in total. The van der Waals surface area contributed by atoms with E-state index in [1.54, 1.807) is 55.5 Å². The number of amides is 2. The zero-order valence-electron chi connectivity index (χ0n) is 17.8. The van der Waals surface area contributed by atoms with Crippen molar-refractivity contribution < 1.29 is 18.0 Å². The van der Waals surface area contributed by atoms with Gasteiger partial charge in [-0.05, 0) is 44.0 Å². The van der Waals surface area contributed by atoms with Crippen LogP contribution in [0, 0.1) is 6.92 Å². The largest absolute Gasteiger partial charge is 0.352 e. The number of carbonyl (C=O) groups is 2. The van der Waals surface area contributed by atoms with Crippen LogP contribution in [0.2, 0.25) is 0 Å². The van der Waals surface area contributed by atoms with Gasteiger partial charge >= 0.3 is 0 Å². The fraction of sp³-hybridized carbons (Fsp3) is 0.364. The van der Waals surface area contributed by atoms with Gasteiger partial charge < -0.3 is 10.6 Å². The standard InChI is InChI=1S/C22H29N3O4S/c1-5-15-23-21(26)18-9-7-8-10-19(18)24-22(27)20(6-2)25(30(4,28)29)17-13-11-16(3)12-14-17/h7-14,20H,5-6,15H2,1-4H3,(H,23,26)(H,24,27)/t20-/m0/s1. The van der Waals surface area contributed by atoms with E-state index in [1.807, 2.05) is 13.8 Å². The number of hydrogen-bond acceptors (Lipinski definition) is 4. The molecule has 2 aromatic carbocycles. The molecule has 0 aliphatic heterocycles. The van der Waals surface area contributed by atoms with E-state index in [9.17, 15) is 18.0 Å². The monoisotopic (exact) mass is 431 g/mol. The normalized spacial score (nSPS) is 12.1. The first-order chi connectivity index (χ1) is 14.2. The molecule has 0 saturated carbocycles. The van der Waals surface area contributed by atoms with Gasteiger partial charge in [-0.3, -0.25) is 13.9 Å². The number of sulfonamides is 1. The summed E-state index contributed by atoms with van der Waals surface area (Å²) in [7, 11) is -3.72. The van der Waals surface area contributed by atoms with Gasteiger partial charge in [0.15, 0.2) is 0 Å². The summed E-state index contributed by atoms with van der Waals surface area (Å²) in [5.41, 5.74) is 2.07. The second-order valence-corrected chi connectivity index (χ2v) is 8.97. The molecular weight excluding hydrogens is 402 g/mol. The first kappa shape index (κ1) is 23.4. The average Bonchev–Trinajstić information content (AvgIpc) is 2.70. The summed E-state index contributed by atoms with van der Waals surface area (Å²) in [5.74, 6) is -0.793. The number of hydrogen-bond donors (Lipinski definition) is 2. The van der Waals surface area contributed by atoms with Crippen molar-refractivity contribution in [1.29, 1.82) is 0 Å². The van der Waals surface area contributed by atoms with E-state index >= 15 is 0 Å². The highest BCUT2D eigenvalue weighted by Crippen LogP contribution is 2.24. The molecule has 0 saturated heterocycles. The molecule has 2 N–H and O–H groups in total. The molecule has 0 unspecified atom stereocenters. The van der Waals surface area contributed by atoms with E-state index in [1.165, 1.54) is 0 Å². The van der Waals surface area contributed by atoms with E-state index in [-0.39, 0.29) is 12.3 Å². The zero-order valence-corrected chi connectivity index (χ0v) is 18.6. The molecule has 0 aromatic heterocycles. The maximum Gasteiger partial charge on any atom is 0.253 e. The molecule has 2 amide bonds. The van der Waals surface area contributed by atoms with E-state index in [0.29, 0.717) is 23.5 Å². The molecule has 0 aliphatic carbocycles. The fourth-order valence-corrected chi connectivity index (χ4v) is 4.30. The number of anilines is 2. The Labute approximate surface area is 178 Å². The number of nitrogens with one attached hydrogen (secondary N) is 2. The van der Waals surface area contributed by atoms with Gasteiger partial charge in [0, 0.05) is 6.54 Å². The van der Waals surface area contributed by atoms with Gasteiger partial charge in [0.2, 0.25) is 15.9 Å². The lowest BCUT2D eigenvalue weighted by Crippen LogP contribution is -2.47. The molecule has 0 aliphatic rings. The van der Waals surface area contributed by atoms with E-state index in [0.717, 1.165) is 22.5 Å². The average molecular weight is 432 g/mol. The Bertz CT molecular complexity index is 988. The van der Waals surface area contributed by atoms with Gasteiger partial charge in [0.25, 0.3) is 5.91 Å². The van der Waals surface area contributed by atoms with E-state index in [2.05, 4.69) is 10.6 Å². The zero-order chi connectivity index (χ0) is 22.3. The molecule has 0 radical (unpaired) electrons. The summed E-state index contributed by atoms with van der Waals surface area (Å²) in [6.07, 6.45) is 2.13. The van der Waals surface area contributed by atoms with Gasteiger partial charge in [-0.1, -0.05) is 43.7 Å². The summed E-state index contributed by atoms with van der Waals surface area (Å²) in [6, 6.07) is 12.7. The minimum absolute atomic E-state index is 0.261. The highest BCUT2D eigenvalue weighted by molar-refractivity contribution is 7.92. The Morgan fingerprint density at radius 1 is 1.03 bits per heavy atom. The maximum atomic E-state index is 13.1. The summed E-state index contributed by atoms with van der Waals surface area (Å²) in [5, 5.41) is 5.53. The topological polar surface area (TPSA) is 95.6 Å². The van der Waals surface area contributed by atoms with Crippen LogP contribution in [0.1, 0.15) is 42.6 Å². The second-order valence-electron chi connectivity index (χ2n) is 7.11. The minimum Gasteiger partial charge on any atom is -0.352 e. The SMILES string of the molecule is CCCNC(=O)c1ccccc1NC(=O)[C@H](CC)N(c1ccc(C)cc1)S(C)(=O)=O. The summed E-state index contributed by atoms with van der Waals surface area (Å²) >= 11 is 0. The van der Waals surface area contributed by atoms with Crippen LogP contribution in [-0.2, 0) is 14.8 Å².